The van der Waals surface area contributed by atoms with E-state index in [9.17, 15) is 0 Å². The van der Waals surface area contributed by atoms with Gasteiger partial charge in [-0.05, 0) is 37.8 Å². The third kappa shape index (κ3) is 3.23. The van der Waals surface area contributed by atoms with Crippen molar-refractivity contribution in [3.8, 4) is 0 Å². The van der Waals surface area contributed by atoms with Gasteiger partial charge in [0, 0.05) is 7.11 Å². The molecule has 0 radical (unpaired) electrons. The molecule has 3 heteroatoms. The first-order valence-electron chi connectivity index (χ1n) is 6.83. The van der Waals surface area contributed by atoms with Crippen LogP contribution in [0.3, 0.4) is 0 Å². The second kappa shape index (κ2) is 7.02. The summed E-state index contributed by atoms with van der Waals surface area (Å²) in [5, 5.41) is 3.57. The Morgan fingerprint density at radius 3 is 2.53 bits per heavy atom. The summed E-state index contributed by atoms with van der Waals surface area (Å²) in [5.74, 6) is 0. The van der Waals surface area contributed by atoms with E-state index in [2.05, 4.69) is 26.1 Å². The molecule has 1 rings (SSSR count). The molecule has 100 valence electrons. The van der Waals surface area contributed by atoms with Gasteiger partial charge in [-0.2, -0.15) is 0 Å². The first-order chi connectivity index (χ1) is 8.24. The Balaban J connectivity index is 2.92. The molecule has 1 N–H and O–H groups in total. The Morgan fingerprint density at radius 1 is 1.41 bits per heavy atom. The largest absolute Gasteiger partial charge is 0.501 e. The van der Waals surface area contributed by atoms with Gasteiger partial charge in [-0.15, -0.1) is 0 Å². The van der Waals surface area contributed by atoms with E-state index in [0.717, 1.165) is 38.8 Å². The van der Waals surface area contributed by atoms with Crippen LogP contribution in [-0.2, 0) is 9.47 Å². The van der Waals surface area contributed by atoms with Crippen LogP contribution in [0.1, 0.15) is 46.5 Å². The summed E-state index contributed by atoms with van der Waals surface area (Å²) in [5.41, 5.74) is 1.24. The van der Waals surface area contributed by atoms with Gasteiger partial charge in [0.15, 0.2) is 0 Å². The molecule has 1 aliphatic rings. The summed E-state index contributed by atoms with van der Waals surface area (Å²) in [7, 11) is 1.82. The smallest absolute Gasteiger partial charge is 0.0876 e. The number of likely N-dealkylation sites (N-methyl/N-ethyl adjacent to an activating group) is 1. The Morgan fingerprint density at radius 2 is 2.12 bits per heavy atom. The third-order valence-electron chi connectivity index (χ3n) is 3.87. The maximum Gasteiger partial charge on any atom is 0.0876 e. The summed E-state index contributed by atoms with van der Waals surface area (Å²) in [6, 6.07) is 0.271. The number of hydrogen-bond donors (Lipinski definition) is 1. The maximum atomic E-state index is 5.85. The first kappa shape index (κ1) is 14.5. The molecule has 1 unspecified atom stereocenters. The molecule has 0 bridgehead atoms. The molecule has 1 heterocycles. The average Bonchev–Trinajstić information content (AvgIpc) is 2.41. The van der Waals surface area contributed by atoms with Gasteiger partial charge in [0.1, 0.15) is 0 Å². The summed E-state index contributed by atoms with van der Waals surface area (Å²) >= 11 is 0. The second-order valence-electron chi connectivity index (χ2n) is 4.63. The van der Waals surface area contributed by atoms with E-state index >= 15 is 0 Å². The SMILES string of the molecule is CCNC(C1=COCCC1)C(CC)(CC)OC. The van der Waals surface area contributed by atoms with E-state index in [1.807, 2.05) is 13.4 Å². The van der Waals surface area contributed by atoms with Crippen LogP contribution in [0.15, 0.2) is 11.8 Å². The lowest BCUT2D eigenvalue weighted by Gasteiger charge is -2.40. The fraction of sp³-hybridized carbons (Fsp3) is 0.857. The summed E-state index contributed by atoms with van der Waals surface area (Å²) in [6.07, 6.45) is 6.18. The fourth-order valence-corrected chi connectivity index (χ4v) is 2.72. The number of methoxy groups -OCH3 is 1. The van der Waals surface area contributed by atoms with Crippen LogP contribution in [0.5, 0.6) is 0 Å². The molecule has 0 spiro atoms. The summed E-state index contributed by atoms with van der Waals surface area (Å²) in [6.45, 7) is 8.33. The number of rotatable bonds is 7. The highest BCUT2D eigenvalue weighted by Crippen LogP contribution is 2.31. The molecule has 0 aromatic carbocycles. The Hall–Kier alpha value is -0.540. The summed E-state index contributed by atoms with van der Waals surface area (Å²) in [4.78, 5) is 0. The molecule has 0 aromatic rings. The molecule has 0 fully saturated rings. The predicted molar refractivity (Wildman–Crippen MR) is 71.1 cm³/mol. The Labute approximate surface area is 106 Å². The minimum absolute atomic E-state index is 0.109. The molecule has 1 atom stereocenters. The lowest BCUT2D eigenvalue weighted by Crippen LogP contribution is -2.52. The predicted octanol–water partition coefficient (Wildman–Crippen LogP) is 2.86. The zero-order valence-corrected chi connectivity index (χ0v) is 11.7. The highest BCUT2D eigenvalue weighted by Gasteiger charge is 2.38. The standard InChI is InChI=1S/C14H27NO2/c1-5-14(6-2,16-4)13(15-7-3)12-9-8-10-17-11-12/h11,13,15H,5-10H2,1-4H3. The normalized spacial score (nSPS) is 18.5. The van der Waals surface area contributed by atoms with Crippen LogP contribution in [0.2, 0.25) is 0 Å². The topological polar surface area (TPSA) is 30.5 Å². The summed E-state index contributed by atoms with van der Waals surface area (Å²) < 4.78 is 11.3. The van der Waals surface area contributed by atoms with Crippen molar-refractivity contribution >= 4 is 0 Å². The number of hydrogen-bond acceptors (Lipinski definition) is 3. The third-order valence-corrected chi connectivity index (χ3v) is 3.87. The van der Waals surface area contributed by atoms with Crippen LogP contribution in [-0.4, -0.2) is 31.9 Å². The van der Waals surface area contributed by atoms with Crippen molar-refractivity contribution in [2.75, 3.05) is 20.3 Å². The molecule has 17 heavy (non-hydrogen) atoms. The van der Waals surface area contributed by atoms with Crippen molar-refractivity contribution in [2.45, 2.75) is 58.1 Å². The molecule has 0 saturated carbocycles. The molecule has 0 saturated heterocycles. The fourth-order valence-electron chi connectivity index (χ4n) is 2.72. The Kier molecular flexibility index (Phi) is 6.00. The molecular weight excluding hydrogens is 214 g/mol. The van der Waals surface area contributed by atoms with Crippen molar-refractivity contribution in [3.63, 3.8) is 0 Å². The van der Waals surface area contributed by atoms with Crippen molar-refractivity contribution in [1.82, 2.24) is 5.32 Å². The van der Waals surface area contributed by atoms with Gasteiger partial charge in [-0.1, -0.05) is 20.8 Å². The van der Waals surface area contributed by atoms with Crippen molar-refractivity contribution in [2.24, 2.45) is 0 Å². The molecular formula is C14H27NO2. The molecule has 1 aliphatic heterocycles. The van der Waals surface area contributed by atoms with Gasteiger partial charge < -0.3 is 14.8 Å². The molecule has 0 amide bonds. The highest BCUT2D eigenvalue weighted by molar-refractivity contribution is 5.17. The first-order valence-corrected chi connectivity index (χ1v) is 6.83. The van der Waals surface area contributed by atoms with E-state index in [4.69, 9.17) is 9.47 Å². The zero-order valence-electron chi connectivity index (χ0n) is 11.7. The number of nitrogens with one attached hydrogen (secondary N) is 1. The monoisotopic (exact) mass is 241 g/mol. The highest BCUT2D eigenvalue weighted by atomic mass is 16.5. The second-order valence-corrected chi connectivity index (χ2v) is 4.63. The van der Waals surface area contributed by atoms with Crippen LogP contribution in [0.25, 0.3) is 0 Å². The van der Waals surface area contributed by atoms with Crippen molar-refractivity contribution in [1.29, 1.82) is 0 Å². The van der Waals surface area contributed by atoms with Crippen molar-refractivity contribution in [3.05, 3.63) is 11.8 Å². The lowest BCUT2D eigenvalue weighted by atomic mass is 9.82. The van der Waals surface area contributed by atoms with Crippen molar-refractivity contribution < 1.29 is 9.47 Å². The van der Waals surface area contributed by atoms with Gasteiger partial charge in [0.2, 0.25) is 0 Å². The van der Waals surface area contributed by atoms with Crippen LogP contribution >= 0.6 is 0 Å². The molecule has 3 nitrogen and oxygen atoms in total. The lowest BCUT2D eigenvalue weighted by molar-refractivity contribution is -0.0398. The van der Waals surface area contributed by atoms with E-state index < -0.39 is 0 Å². The minimum atomic E-state index is -0.109. The van der Waals surface area contributed by atoms with Gasteiger partial charge in [-0.3, -0.25) is 0 Å². The van der Waals surface area contributed by atoms with Gasteiger partial charge >= 0.3 is 0 Å². The van der Waals surface area contributed by atoms with E-state index in [-0.39, 0.29) is 11.6 Å². The zero-order chi connectivity index (χ0) is 12.7. The van der Waals surface area contributed by atoms with Gasteiger partial charge in [0.25, 0.3) is 0 Å². The molecule has 0 aromatic heterocycles. The maximum absolute atomic E-state index is 5.85. The number of ether oxygens (including phenoxy) is 2. The average molecular weight is 241 g/mol. The molecule has 0 aliphatic carbocycles. The van der Waals surface area contributed by atoms with Crippen LogP contribution in [0.4, 0.5) is 0 Å². The van der Waals surface area contributed by atoms with E-state index in [1.165, 1.54) is 5.57 Å². The quantitative estimate of drug-likeness (QED) is 0.743. The van der Waals surface area contributed by atoms with Crippen LogP contribution < -0.4 is 5.32 Å². The van der Waals surface area contributed by atoms with E-state index in [1.54, 1.807) is 0 Å². The van der Waals surface area contributed by atoms with E-state index in [0.29, 0.717) is 0 Å². The Bertz CT molecular complexity index is 238. The van der Waals surface area contributed by atoms with Gasteiger partial charge in [0.05, 0.1) is 24.5 Å². The minimum Gasteiger partial charge on any atom is -0.501 e. The van der Waals surface area contributed by atoms with Crippen LogP contribution in [0, 0.1) is 0 Å². The van der Waals surface area contributed by atoms with Gasteiger partial charge in [-0.25, -0.2) is 0 Å².